The van der Waals surface area contributed by atoms with Crippen molar-refractivity contribution in [3.8, 4) is 0 Å². The molecule has 0 atom stereocenters. The molecule has 0 aliphatic heterocycles. The van der Waals surface area contributed by atoms with Crippen LogP contribution in [0.25, 0.3) is 6.08 Å². The van der Waals surface area contributed by atoms with Gasteiger partial charge in [-0.05, 0) is 6.07 Å². The summed E-state index contributed by atoms with van der Waals surface area (Å²) in [5, 5.41) is 0. The summed E-state index contributed by atoms with van der Waals surface area (Å²) in [6.45, 7) is 3.25. The van der Waals surface area contributed by atoms with Gasteiger partial charge in [-0.2, -0.15) is 0 Å². The van der Waals surface area contributed by atoms with Crippen LogP contribution >= 0.6 is 0 Å². The van der Waals surface area contributed by atoms with Gasteiger partial charge in [0.05, 0.1) is 12.7 Å². The normalized spacial score (nSPS) is 10.2. The summed E-state index contributed by atoms with van der Waals surface area (Å²) in [4.78, 5) is 10.9. The summed E-state index contributed by atoms with van der Waals surface area (Å²) in [5.41, 5.74) is 0.448. The van der Waals surface area contributed by atoms with Crippen molar-refractivity contribution in [1.29, 1.82) is 0 Å². The van der Waals surface area contributed by atoms with Crippen LogP contribution in [0.1, 0.15) is 12.0 Å². The monoisotopic (exact) mass is 206 g/mol. The number of ether oxygens (including phenoxy) is 1. The molecule has 0 heterocycles. The van der Waals surface area contributed by atoms with Crippen molar-refractivity contribution in [3.63, 3.8) is 0 Å². The second-order valence-electron chi connectivity index (χ2n) is 2.78. The van der Waals surface area contributed by atoms with E-state index in [1.807, 2.05) is 0 Å². The van der Waals surface area contributed by atoms with Crippen LogP contribution < -0.4 is 0 Å². The van der Waals surface area contributed by atoms with Crippen molar-refractivity contribution < 1.29 is 13.9 Å². The lowest BCUT2D eigenvalue weighted by Crippen LogP contribution is -1.95. The average molecular weight is 206 g/mol. The van der Waals surface area contributed by atoms with Crippen molar-refractivity contribution in [1.82, 2.24) is 0 Å². The molecule has 0 N–H and O–H groups in total. The summed E-state index contributed by atoms with van der Waals surface area (Å²) in [6.07, 6.45) is 4.25. The zero-order chi connectivity index (χ0) is 11.1. The fraction of sp³-hybridized carbons (Fsp3) is 0.0833. The van der Waals surface area contributed by atoms with Gasteiger partial charge in [-0.15, -0.1) is 0 Å². The molecule has 1 rings (SSSR count). The minimum absolute atomic E-state index is 0.0976. The number of carbonyl (C=O) groups is 1. The van der Waals surface area contributed by atoms with Crippen LogP contribution in [0.15, 0.2) is 43.2 Å². The quantitative estimate of drug-likeness (QED) is 0.559. The summed E-state index contributed by atoms with van der Waals surface area (Å²) in [5.74, 6) is -0.733. The molecular formula is C12H11FO2. The summed E-state index contributed by atoms with van der Waals surface area (Å²) < 4.78 is 17.6. The van der Waals surface area contributed by atoms with Gasteiger partial charge in [0.15, 0.2) is 0 Å². The van der Waals surface area contributed by atoms with Crippen LogP contribution in [-0.4, -0.2) is 5.97 Å². The molecule has 1 aromatic carbocycles. The van der Waals surface area contributed by atoms with Crippen LogP contribution in [0.2, 0.25) is 0 Å². The Balaban J connectivity index is 2.55. The fourth-order valence-corrected chi connectivity index (χ4v) is 1.03. The molecule has 0 bridgehead atoms. The van der Waals surface area contributed by atoms with Gasteiger partial charge in [0, 0.05) is 5.56 Å². The maximum atomic E-state index is 13.1. The molecule has 0 aliphatic rings. The molecule has 15 heavy (non-hydrogen) atoms. The van der Waals surface area contributed by atoms with E-state index in [1.165, 1.54) is 6.07 Å². The van der Waals surface area contributed by atoms with Crippen LogP contribution in [0.3, 0.4) is 0 Å². The number of carbonyl (C=O) groups excluding carboxylic acids is 1. The van der Waals surface area contributed by atoms with Crippen molar-refractivity contribution in [3.05, 3.63) is 54.6 Å². The number of rotatable bonds is 4. The molecule has 0 unspecified atom stereocenters. The summed E-state index contributed by atoms with van der Waals surface area (Å²) in [7, 11) is 0. The second-order valence-corrected chi connectivity index (χ2v) is 2.78. The molecule has 3 heteroatoms. The van der Waals surface area contributed by atoms with Gasteiger partial charge in [-0.25, -0.2) is 4.39 Å². The lowest BCUT2D eigenvalue weighted by molar-refractivity contribution is -0.136. The fourth-order valence-electron chi connectivity index (χ4n) is 1.03. The van der Waals surface area contributed by atoms with Gasteiger partial charge in [0.25, 0.3) is 0 Å². The number of halogens is 1. The third kappa shape index (κ3) is 3.77. The molecular weight excluding hydrogens is 195 g/mol. The highest BCUT2D eigenvalue weighted by Gasteiger charge is 1.97. The molecule has 2 nitrogen and oxygen atoms in total. The Labute approximate surface area is 87.7 Å². The third-order valence-electron chi connectivity index (χ3n) is 1.70. The third-order valence-corrected chi connectivity index (χ3v) is 1.70. The Morgan fingerprint density at radius 2 is 2.20 bits per heavy atom. The highest BCUT2D eigenvalue weighted by molar-refractivity contribution is 5.73. The van der Waals surface area contributed by atoms with Crippen molar-refractivity contribution in [2.45, 2.75) is 6.42 Å². The van der Waals surface area contributed by atoms with Crippen LogP contribution in [0, 0.1) is 5.82 Å². The first-order chi connectivity index (χ1) is 7.24. The van der Waals surface area contributed by atoms with E-state index < -0.39 is 5.97 Å². The Hall–Kier alpha value is -1.90. The maximum Gasteiger partial charge on any atom is 0.314 e. The van der Waals surface area contributed by atoms with Crippen molar-refractivity contribution >= 4 is 12.0 Å². The number of benzene rings is 1. The average Bonchev–Trinajstić information content (AvgIpc) is 2.21. The summed E-state index contributed by atoms with van der Waals surface area (Å²) in [6, 6.07) is 6.33. The van der Waals surface area contributed by atoms with E-state index in [-0.39, 0.29) is 12.2 Å². The van der Waals surface area contributed by atoms with Crippen molar-refractivity contribution in [2.24, 2.45) is 0 Å². The minimum Gasteiger partial charge on any atom is -0.435 e. The SMILES string of the molecule is C=COC(=O)CC=Cc1ccccc1F. The zero-order valence-electron chi connectivity index (χ0n) is 8.15. The van der Waals surface area contributed by atoms with Gasteiger partial charge in [0.2, 0.25) is 0 Å². The molecule has 0 saturated heterocycles. The Morgan fingerprint density at radius 3 is 2.87 bits per heavy atom. The molecule has 0 saturated carbocycles. The predicted molar refractivity (Wildman–Crippen MR) is 56.3 cm³/mol. The van der Waals surface area contributed by atoms with E-state index >= 15 is 0 Å². The first kappa shape index (κ1) is 11.2. The molecule has 0 spiro atoms. The van der Waals surface area contributed by atoms with E-state index in [4.69, 9.17) is 0 Å². The first-order valence-electron chi connectivity index (χ1n) is 4.45. The lowest BCUT2D eigenvalue weighted by Gasteiger charge is -1.95. The van der Waals surface area contributed by atoms with Gasteiger partial charge in [-0.1, -0.05) is 36.9 Å². The highest BCUT2D eigenvalue weighted by atomic mass is 19.1. The van der Waals surface area contributed by atoms with E-state index in [2.05, 4.69) is 11.3 Å². The summed E-state index contributed by atoms with van der Waals surface area (Å²) >= 11 is 0. The standard InChI is InChI=1S/C12H11FO2/c1-2-15-12(14)9-5-7-10-6-3-4-8-11(10)13/h2-8H,1,9H2. The zero-order valence-corrected chi connectivity index (χ0v) is 8.15. The molecule has 0 aliphatic carbocycles. The van der Waals surface area contributed by atoms with E-state index in [0.717, 1.165) is 6.26 Å². The van der Waals surface area contributed by atoms with Gasteiger partial charge >= 0.3 is 5.97 Å². The Bertz CT molecular complexity index is 383. The lowest BCUT2D eigenvalue weighted by atomic mass is 10.2. The van der Waals surface area contributed by atoms with Crippen molar-refractivity contribution in [2.75, 3.05) is 0 Å². The smallest absolute Gasteiger partial charge is 0.314 e. The second kappa shape index (κ2) is 5.75. The largest absolute Gasteiger partial charge is 0.435 e. The van der Waals surface area contributed by atoms with Gasteiger partial charge in [0.1, 0.15) is 5.82 Å². The highest BCUT2D eigenvalue weighted by Crippen LogP contribution is 2.08. The van der Waals surface area contributed by atoms with Gasteiger partial charge in [-0.3, -0.25) is 4.79 Å². The number of hydrogen-bond donors (Lipinski definition) is 0. The molecule has 0 radical (unpaired) electrons. The van der Waals surface area contributed by atoms with Crippen LogP contribution in [0.4, 0.5) is 4.39 Å². The first-order valence-corrected chi connectivity index (χ1v) is 4.45. The van der Waals surface area contributed by atoms with E-state index in [1.54, 1.807) is 30.4 Å². The van der Waals surface area contributed by atoms with E-state index in [9.17, 15) is 9.18 Å². The van der Waals surface area contributed by atoms with Crippen LogP contribution in [-0.2, 0) is 9.53 Å². The number of hydrogen-bond acceptors (Lipinski definition) is 2. The predicted octanol–water partition coefficient (Wildman–Crippen LogP) is 2.92. The topological polar surface area (TPSA) is 26.3 Å². The van der Waals surface area contributed by atoms with Gasteiger partial charge < -0.3 is 4.74 Å². The van der Waals surface area contributed by atoms with E-state index in [0.29, 0.717) is 5.56 Å². The molecule has 0 fully saturated rings. The Kier molecular flexibility index (Phi) is 4.29. The minimum atomic E-state index is -0.419. The van der Waals surface area contributed by atoms with Crippen LogP contribution in [0.5, 0.6) is 0 Å². The molecule has 1 aromatic rings. The number of esters is 1. The molecule has 0 aromatic heterocycles. The molecule has 0 amide bonds. The Morgan fingerprint density at radius 1 is 1.47 bits per heavy atom. The molecule has 78 valence electrons. The maximum absolute atomic E-state index is 13.1.